The van der Waals surface area contributed by atoms with Crippen LogP contribution in [-0.2, 0) is 11.2 Å². The third-order valence-corrected chi connectivity index (χ3v) is 2.24. The van der Waals surface area contributed by atoms with Crippen LogP contribution in [0.3, 0.4) is 0 Å². The lowest BCUT2D eigenvalue weighted by atomic mass is 10.1. The Balaban J connectivity index is 2.41. The van der Waals surface area contributed by atoms with Gasteiger partial charge in [-0.1, -0.05) is 46.3 Å². The Morgan fingerprint density at radius 1 is 1.33 bits per heavy atom. The average Bonchev–Trinajstić information content (AvgIpc) is 2.06. The largest absolute Gasteiger partial charge is 0.384 e. The van der Waals surface area contributed by atoms with E-state index in [0.717, 1.165) is 13.0 Å². The smallest absolute Gasteiger partial charge is 0.0590 e. The lowest BCUT2D eigenvalue weighted by molar-refractivity contribution is 0.200. The lowest BCUT2D eigenvalue weighted by Crippen LogP contribution is -2.09. The van der Waals surface area contributed by atoms with Gasteiger partial charge in [0.2, 0.25) is 0 Å². The van der Waals surface area contributed by atoms with Crippen LogP contribution in [0.25, 0.3) is 0 Å². The number of methoxy groups -OCH3 is 1. The summed E-state index contributed by atoms with van der Waals surface area (Å²) in [6, 6.07) is 10.4. The van der Waals surface area contributed by atoms with Crippen molar-refractivity contribution in [2.24, 2.45) is 0 Å². The fourth-order valence-electron chi connectivity index (χ4n) is 1.11. The SMILES string of the molecule is COCC(Br)Cc1ccccc1. The highest BCUT2D eigenvalue weighted by Crippen LogP contribution is 2.09. The Morgan fingerprint density at radius 2 is 2.00 bits per heavy atom. The molecule has 0 bridgehead atoms. The zero-order valence-electron chi connectivity index (χ0n) is 7.16. The van der Waals surface area contributed by atoms with Gasteiger partial charge in [-0.2, -0.15) is 0 Å². The zero-order chi connectivity index (χ0) is 8.81. The molecule has 0 aliphatic rings. The first kappa shape index (κ1) is 9.75. The molecule has 0 aromatic heterocycles. The van der Waals surface area contributed by atoms with Crippen LogP contribution in [0, 0.1) is 0 Å². The van der Waals surface area contributed by atoms with E-state index in [1.165, 1.54) is 5.56 Å². The summed E-state index contributed by atoms with van der Waals surface area (Å²) in [6.45, 7) is 0.759. The van der Waals surface area contributed by atoms with Crippen molar-refractivity contribution >= 4 is 15.9 Å². The fourth-order valence-corrected chi connectivity index (χ4v) is 1.75. The number of ether oxygens (including phenoxy) is 1. The van der Waals surface area contributed by atoms with Crippen molar-refractivity contribution in [1.82, 2.24) is 0 Å². The van der Waals surface area contributed by atoms with E-state index in [1.54, 1.807) is 7.11 Å². The normalized spacial score (nSPS) is 12.8. The van der Waals surface area contributed by atoms with E-state index in [0.29, 0.717) is 4.83 Å². The molecular formula is C10H13BrO. The first-order valence-electron chi connectivity index (χ1n) is 4.00. The summed E-state index contributed by atoms with van der Waals surface area (Å²) in [5, 5.41) is 0. The molecule has 0 spiro atoms. The second-order valence-electron chi connectivity index (χ2n) is 2.74. The van der Waals surface area contributed by atoms with Crippen LogP contribution in [0.2, 0.25) is 0 Å². The van der Waals surface area contributed by atoms with E-state index < -0.39 is 0 Å². The van der Waals surface area contributed by atoms with Gasteiger partial charge < -0.3 is 4.74 Å². The lowest BCUT2D eigenvalue weighted by Gasteiger charge is -2.07. The van der Waals surface area contributed by atoms with Crippen LogP contribution < -0.4 is 0 Å². The van der Waals surface area contributed by atoms with Gasteiger partial charge in [0.25, 0.3) is 0 Å². The van der Waals surface area contributed by atoms with Gasteiger partial charge in [-0.15, -0.1) is 0 Å². The first-order chi connectivity index (χ1) is 5.83. The Bertz CT molecular complexity index is 210. The van der Waals surface area contributed by atoms with E-state index in [4.69, 9.17) is 4.74 Å². The zero-order valence-corrected chi connectivity index (χ0v) is 8.75. The van der Waals surface area contributed by atoms with Crippen molar-refractivity contribution in [3.8, 4) is 0 Å². The number of hydrogen-bond donors (Lipinski definition) is 0. The predicted molar refractivity (Wildman–Crippen MR) is 54.7 cm³/mol. The molecule has 1 rings (SSSR count). The molecule has 0 aliphatic heterocycles. The second-order valence-corrected chi connectivity index (χ2v) is 4.04. The van der Waals surface area contributed by atoms with E-state index in [1.807, 2.05) is 6.07 Å². The quantitative estimate of drug-likeness (QED) is 0.721. The Kier molecular flexibility index (Phi) is 4.33. The van der Waals surface area contributed by atoms with Gasteiger partial charge in [-0.05, 0) is 12.0 Å². The fraction of sp³-hybridized carbons (Fsp3) is 0.400. The Morgan fingerprint density at radius 3 is 2.58 bits per heavy atom. The molecular weight excluding hydrogens is 216 g/mol. The molecule has 1 atom stereocenters. The third kappa shape index (κ3) is 3.37. The van der Waals surface area contributed by atoms with Crippen molar-refractivity contribution in [3.63, 3.8) is 0 Å². The number of hydrogen-bond acceptors (Lipinski definition) is 1. The molecule has 1 unspecified atom stereocenters. The van der Waals surface area contributed by atoms with Gasteiger partial charge in [0.05, 0.1) is 6.61 Å². The van der Waals surface area contributed by atoms with Crippen molar-refractivity contribution in [3.05, 3.63) is 35.9 Å². The molecule has 12 heavy (non-hydrogen) atoms. The van der Waals surface area contributed by atoms with Crippen LogP contribution in [0.1, 0.15) is 5.56 Å². The van der Waals surface area contributed by atoms with Crippen molar-refractivity contribution in [2.75, 3.05) is 13.7 Å². The molecule has 0 heterocycles. The minimum absolute atomic E-state index is 0.421. The van der Waals surface area contributed by atoms with Gasteiger partial charge in [-0.25, -0.2) is 0 Å². The molecule has 0 saturated carbocycles. The first-order valence-corrected chi connectivity index (χ1v) is 4.91. The van der Waals surface area contributed by atoms with Crippen LogP contribution in [0.4, 0.5) is 0 Å². The number of alkyl halides is 1. The summed E-state index contributed by atoms with van der Waals surface area (Å²) in [5.41, 5.74) is 1.34. The maximum Gasteiger partial charge on any atom is 0.0590 e. The minimum Gasteiger partial charge on any atom is -0.384 e. The van der Waals surface area contributed by atoms with Gasteiger partial charge in [-0.3, -0.25) is 0 Å². The maximum atomic E-state index is 5.03. The summed E-state index contributed by atoms with van der Waals surface area (Å²) in [4.78, 5) is 0.421. The van der Waals surface area contributed by atoms with Gasteiger partial charge in [0, 0.05) is 11.9 Å². The molecule has 0 amide bonds. The third-order valence-electron chi connectivity index (χ3n) is 1.65. The predicted octanol–water partition coefficient (Wildman–Crippen LogP) is 2.64. The van der Waals surface area contributed by atoms with Crippen LogP contribution in [-0.4, -0.2) is 18.5 Å². The summed E-state index contributed by atoms with van der Waals surface area (Å²) in [5.74, 6) is 0. The summed E-state index contributed by atoms with van der Waals surface area (Å²) in [6.07, 6.45) is 1.02. The molecule has 1 nitrogen and oxygen atoms in total. The molecule has 0 N–H and O–H groups in total. The highest BCUT2D eigenvalue weighted by molar-refractivity contribution is 9.09. The Hall–Kier alpha value is -0.340. The molecule has 0 radical (unpaired) electrons. The van der Waals surface area contributed by atoms with Gasteiger partial charge in [0.15, 0.2) is 0 Å². The van der Waals surface area contributed by atoms with E-state index in [-0.39, 0.29) is 0 Å². The molecule has 1 aromatic rings. The van der Waals surface area contributed by atoms with Gasteiger partial charge in [0.1, 0.15) is 0 Å². The maximum absolute atomic E-state index is 5.03. The summed E-state index contributed by atoms with van der Waals surface area (Å²) < 4.78 is 5.03. The van der Waals surface area contributed by atoms with Crippen molar-refractivity contribution in [1.29, 1.82) is 0 Å². The number of rotatable bonds is 4. The molecule has 0 fully saturated rings. The minimum atomic E-state index is 0.421. The van der Waals surface area contributed by atoms with Crippen LogP contribution >= 0.6 is 15.9 Å². The highest BCUT2D eigenvalue weighted by Gasteiger charge is 2.03. The van der Waals surface area contributed by atoms with Crippen LogP contribution in [0.5, 0.6) is 0 Å². The monoisotopic (exact) mass is 228 g/mol. The average molecular weight is 229 g/mol. The van der Waals surface area contributed by atoms with Crippen molar-refractivity contribution < 1.29 is 4.74 Å². The standard InChI is InChI=1S/C10H13BrO/c1-12-8-10(11)7-9-5-3-2-4-6-9/h2-6,10H,7-8H2,1H3. The van der Waals surface area contributed by atoms with E-state index in [2.05, 4.69) is 40.2 Å². The summed E-state index contributed by atoms with van der Waals surface area (Å²) in [7, 11) is 1.72. The number of halogens is 1. The van der Waals surface area contributed by atoms with E-state index in [9.17, 15) is 0 Å². The second kappa shape index (κ2) is 5.33. The van der Waals surface area contributed by atoms with Crippen molar-refractivity contribution in [2.45, 2.75) is 11.2 Å². The molecule has 0 saturated heterocycles. The molecule has 2 heteroatoms. The molecule has 66 valence electrons. The highest BCUT2D eigenvalue weighted by atomic mass is 79.9. The van der Waals surface area contributed by atoms with Gasteiger partial charge >= 0.3 is 0 Å². The molecule has 1 aromatic carbocycles. The topological polar surface area (TPSA) is 9.23 Å². The van der Waals surface area contributed by atoms with E-state index >= 15 is 0 Å². The summed E-state index contributed by atoms with van der Waals surface area (Å²) >= 11 is 3.55. The molecule has 0 aliphatic carbocycles. The Labute approximate surface area is 81.9 Å². The van der Waals surface area contributed by atoms with Crippen LogP contribution in [0.15, 0.2) is 30.3 Å². The number of benzene rings is 1.